The summed E-state index contributed by atoms with van der Waals surface area (Å²) in [6, 6.07) is 49.8. The normalized spacial score (nSPS) is 12.0. The van der Waals surface area contributed by atoms with Crippen LogP contribution in [0.25, 0.3) is 66.1 Å². The molecule has 0 spiro atoms. The molecule has 7 aromatic carbocycles. The maximum atomic E-state index is 2.45. The van der Waals surface area contributed by atoms with Crippen LogP contribution in [-0.2, 0) is 6.42 Å². The standard InChI is InChI=1S/C41H30/c1-26-14-18-28(19-15-26)39-35-11-5-6-12-36(35)40(29-20-16-27(2)17-21-29)38-25-31(22-23-37(38)39)34-13-7-9-32-24-30-8-3-4-10-33(30)41(32)34/h3-23,25H,24H2,1-2H3. The van der Waals surface area contributed by atoms with E-state index in [9.17, 15) is 0 Å². The minimum atomic E-state index is 1.00. The summed E-state index contributed by atoms with van der Waals surface area (Å²) in [5.74, 6) is 0. The van der Waals surface area contributed by atoms with Gasteiger partial charge in [0.05, 0.1) is 0 Å². The van der Waals surface area contributed by atoms with Gasteiger partial charge >= 0.3 is 0 Å². The third-order valence-electron chi connectivity index (χ3n) is 8.83. The lowest BCUT2D eigenvalue weighted by atomic mass is 9.84. The molecule has 0 saturated carbocycles. The molecule has 7 aromatic rings. The minimum absolute atomic E-state index is 1.00. The highest BCUT2D eigenvalue weighted by Gasteiger charge is 2.23. The van der Waals surface area contributed by atoms with Crippen LogP contribution in [0, 0.1) is 13.8 Å². The highest BCUT2D eigenvalue weighted by atomic mass is 14.3. The van der Waals surface area contributed by atoms with Crippen molar-refractivity contribution in [2.45, 2.75) is 20.3 Å². The second-order valence-corrected chi connectivity index (χ2v) is 11.5. The van der Waals surface area contributed by atoms with E-state index >= 15 is 0 Å². The number of hydrogen-bond acceptors (Lipinski definition) is 0. The first-order valence-electron chi connectivity index (χ1n) is 14.5. The molecule has 0 aliphatic heterocycles. The Kier molecular flexibility index (Phi) is 5.43. The molecule has 0 radical (unpaired) electrons. The summed E-state index contributed by atoms with van der Waals surface area (Å²) in [7, 11) is 0. The van der Waals surface area contributed by atoms with Crippen LogP contribution < -0.4 is 0 Å². The minimum Gasteiger partial charge on any atom is -0.0619 e. The van der Waals surface area contributed by atoms with Gasteiger partial charge in [0.25, 0.3) is 0 Å². The van der Waals surface area contributed by atoms with Gasteiger partial charge in [0.1, 0.15) is 0 Å². The molecule has 0 N–H and O–H groups in total. The van der Waals surface area contributed by atoms with Gasteiger partial charge in [-0.25, -0.2) is 0 Å². The predicted molar refractivity (Wildman–Crippen MR) is 175 cm³/mol. The molecule has 194 valence electrons. The number of hydrogen-bond donors (Lipinski definition) is 0. The largest absolute Gasteiger partial charge is 0.0619 e. The zero-order valence-electron chi connectivity index (χ0n) is 23.4. The molecular weight excluding hydrogens is 492 g/mol. The predicted octanol–water partition coefficient (Wildman–Crippen LogP) is 11.2. The van der Waals surface area contributed by atoms with Crippen molar-refractivity contribution in [3.63, 3.8) is 0 Å². The smallest absolute Gasteiger partial charge is 0.00132 e. The molecule has 0 heterocycles. The van der Waals surface area contributed by atoms with Gasteiger partial charge in [-0.3, -0.25) is 0 Å². The van der Waals surface area contributed by atoms with E-state index in [0.717, 1.165) is 6.42 Å². The molecule has 8 rings (SSSR count). The Labute approximate surface area is 241 Å². The van der Waals surface area contributed by atoms with E-state index < -0.39 is 0 Å². The van der Waals surface area contributed by atoms with Gasteiger partial charge in [-0.15, -0.1) is 0 Å². The molecule has 0 saturated heterocycles. The fraction of sp³-hybridized carbons (Fsp3) is 0.0732. The van der Waals surface area contributed by atoms with Crippen LogP contribution in [0.4, 0.5) is 0 Å². The van der Waals surface area contributed by atoms with E-state index in [-0.39, 0.29) is 0 Å². The molecule has 0 fully saturated rings. The maximum absolute atomic E-state index is 2.45. The fourth-order valence-electron chi connectivity index (χ4n) is 6.84. The van der Waals surface area contributed by atoms with E-state index in [1.54, 1.807) is 0 Å². The highest BCUT2D eigenvalue weighted by Crippen LogP contribution is 2.47. The van der Waals surface area contributed by atoms with Crippen molar-refractivity contribution >= 4 is 21.5 Å². The van der Waals surface area contributed by atoms with Gasteiger partial charge in [0.15, 0.2) is 0 Å². The molecular formula is C41H30. The monoisotopic (exact) mass is 522 g/mol. The van der Waals surface area contributed by atoms with E-state index in [2.05, 4.69) is 147 Å². The van der Waals surface area contributed by atoms with E-state index in [4.69, 9.17) is 0 Å². The van der Waals surface area contributed by atoms with Gasteiger partial charge < -0.3 is 0 Å². The van der Waals surface area contributed by atoms with Crippen molar-refractivity contribution in [3.05, 3.63) is 156 Å². The summed E-state index contributed by atoms with van der Waals surface area (Å²) >= 11 is 0. The van der Waals surface area contributed by atoms with Crippen LogP contribution >= 0.6 is 0 Å². The van der Waals surface area contributed by atoms with Crippen molar-refractivity contribution in [1.29, 1.82) is 0 Å². The lowest BCUT2D eigenvalue weighted by molar-refractivity contribution is 1.26. The molecule has 0 unspecified atom stereocenters. The summed E-state index contributed by atoms with van der Waals surface area (Å²) in [6.07, 6.45) is 1.00. The summed E-state index contributed by atoms with van der Waals surface area (Å²) in [4.78, 5) is 0. The second kappa shape index (κ2) is 9.32. The molecule has 0 heteroatoms. The van der Waals surface area contributed by atoms with E-state index in [1.807, 2.05) is 0 Å². The Bertz CT molecular complexity index is 2110. The molecule has 1 aliphatic carbocycles. The van der Waals surface area contributed by atoms with Gasteiger partial charge in [0.2, 0.25) is 0 Å². The first-order chi connectivity index (χ1) is 20.2. The Balaban J connectivity index is 1.48. The Morgan fingerprint density at radius 1 is 0.366 bits per heavy atom. The zero-order chi connectivity index (χ0) is 27.5. The Morgan fingerprint density at radius 3 is 1.56 bits per heavy atom. The molecule has 0 bridgehead atoms. The molecule has 0 nitrogen and oxygen atoms in total. The van der Waals surface area contributed by atoms with Crippen molar-refractivity contribution in [1.82, 2.24) is 0 Å². The maximum Gasteiger partial charge on any atom is -0.00132 e. The average Bonchev–Trinajstić information content (AvgIpc) is 3.40. The van der Waals surface area contributed by atoms with Crippen LogP contribution in [-0.4, -0.2) is 0 Å². The van der Waals surface area contributed by atoms with Crippen LogP contribution in [0.3, 0.4) is 0 Å². The van der Waals surface area contributed by atoms with Gasteiger partial charge in [-0.2, -0.15) is 0 Å². The molecule has 41 heavy (non-hydrogen) atoms. The topological polar surface area (TPSA) is 0 Å². The molecule has 0 amide bonds. The quantitative estimate of drug-likeness (QED) is 0.202. The fourth-order valence-corrected chi connectivity index (χ4v) is 6.84. The Morgan fingerprint density at radius 2 is 0.878 bits per heavy atom. The van der Waals surface area contributed by atoms with Crippen LogP contribution in [0.5, 0.6) is 0 Å². The third-order valence-corrected chi connectivity index (χ3v) is 8.83. The number of aryl methyl sites for hydroxylation is 2. The SMILES string of the molecule is Cc1ccc(-c2c3ccccc3c(-c3ccc(C)cc3)c3cc(-c4cccc5c4-c4ccccc4C5)ccc23)cc1. The van der Waals surface area contributed by atoms with Gasteiger partial charge in [-0.1, -0.05) is 139 Å². The molecule has 0 atom stereocenters. The summed E-state index contributed by atoms with van der Waals surface area (Å²) in [5.41, 5.74) is 15.9. The lowest BCUT2D eigenvalue weighted by Gasteiger charge is -2.19. The number of benzene rings is 7. The Hall–Kier alpha value is -4.94. The van der Waals surface area contributed by atoms with E-state index in [1.165, 1.54) is 88.3 Å². The van der Waals surface area contributed by atoms with Crippen LogP contribution in [0.1, 0.15) is 22.3 Å². The van der Waals surface area contributed by atoms with Gasteiger partial charge in [-0.05, 0) is 104 Å². The number of rotatable bonds is 3. The first-order valence-corrected chi connectivity index (χ1v) is 14.5. The first kappa shape index (κ1) is 23.9. The van der Waals surface area contributed by atoms with Crippen molar-refractivity contribution in [2.75, 3.05) is 0 Å². The summed E-state index contributed by atoms with van der Waals surface area (Å²) < 4.78 is 0. The molecule has 1 aliphatic rings. The lowest BCUT2D eigenvalue weighted by Crippen LogP contribution is -1.93. The van der Waals surface area contributed by atoms with E-state index in [0.29, 0.717) is 0 Å². The number of fused-ring (bicyclic) bond motifs is 5. The summed E-state index contributed by atoms with van der Waals surface area (Å²) in [6.45, 7) is 4.32. The third kappa shape index (κ3) is 3.83. The van der Waals surface area contributed by atoms with Gasteiger partial charge in [0, 0.05) is 0 Å². The molecule has 0 aromatic heterocycles. The van der Waals surface area contributed by atoms with Crippen molar-refractivity contribution in [3.8, 4) is 44.5 Å². The zero-order valence-corrected chi connectivity index (χ0v) is 23.4. The second-order valence-electron chi connectivity index (χ2n) is 11.5. The van der Waals surface area contributed by atoms with Crippen LogP contribution in [0.15, 0.2) is 133 Å². The highest BCUT2D eigenvalue weighted by molar-refractivity contribution is 6.22. The summed E-state index contributed by atoms with van der Waals surface area (Å²) in [5, 5.41) is 5.17. The average molecular weight is 523 g/mol. The van der Waals surface area contributed by atoms with Crippen LogP contribution in [0.2, 0.25) is 0 Å². The van der Waals surface area contributed by atoms with Crippen molar-refractivity contribution < 1.29 is 0 Å². The van der Waals surface area contributed by atoms with Crippen molar-refractivity contribution in [2.24, 2.45) is 0 Å².